The van der Waals surface area contributed by atoms with Gasteiger partial charge in [-0.2, -0.15) is 0 Å². The van der Waals surface area contributed by atoms with Crippen LogP contribution >= 0.6 is 0 Å². The van der Waals surface area contributed by atoms with Crippen LogP contribution in [0.25, 0.3) is 0 Å². The number of rotatable bonds is 5. The lowest BCUT2D eigenvalue weighted by atomic mass is 9.81. The third-order valence-corrected chi connectivity index (χ3v) is 3.39. The van der Waals surface area contributed by atoms with E-state index < -0.39 is 5.41 Å². The number of amides is 1. The molecule has 1 amide bonds. The molecule has 0 saturated carbocycles. The zero-order valence-electron chi connectivity index (χ0n) is 11.0. The minimum atomic E-state index is -0.465. The number of nitrogens with two attached hydrogens (primary N) is 1. The van der Waals surface area contributed by atoms with Crippen molar-refractivity contribution in [1.29, 1.82) is 0 Å². The summed E-state index contributed by atoms with van der Waals surface area (Å²) in [5.41, 5.74) is 5.21. The Morgan fingerprint density at radius 1 is 1.27 bits per heavy atom. The fourth-order valence-corrected chi connectivity index (χ4v) is 0.844. The number of hydrogen-bond acceptors (Lipinski definition) is 2. The third kappa shape index (κ3) is 4.20. The van der Waals surface area contributed by atoms with Crippen LogP contribution in [0.5, 0.6) is 0 Å². The molecule has 0 spiro atoms. The first kappa shape index (κ1) is 14.4. The first-order valence-corrected chi connectivity index (χ1v) is 5.62. The van der Waals surface area contributed by atoms with Gasteiger partial charge in [0.15, 0.2) is 0 Å². The zero-order chi connectivity index (χ0) is 12.3. The molecule has 0 aliphatic carbocycles. The van der Waals surface area contributed by atoms with E-state index >= 15 is 0 Å². The molecule has 15 heavy (non-hydrogen) atoms. The molecule has 0 aromatic heterocycles. The lowest BCUT2D eigenvalue weighted by molar-refractivity contribution is -0.129. The van der Waals surface area contributed by atoms with Gasteiger partial charge in [-0.15, -0.1) is 0 Å². The summed E-state index contributed by atoms with van der Waals surface area (Å²) in [6.45, 7) is 13.5. The van der Waals surface area contributed by atoms with Crippen LogP contribution in [0.2, 0.25) is 0 Å². The Bertz CT molecular complexity index is 220. The Balaban J connectivity index is 4.24. The minimum Gasteiger partial charge on any atom is -0.355 e. The topological polar surface area (TPSA) is 55.1 Å². The Labute approximate surface area is 93.8 Å². The van der Waals surface area contributed by atoms with Gasteiger partial charge in [-0.1, -0.05) is 27.7 Å². The number of carbonyl (C=O) groups excluding carboxylic acids is 1. The number of nitrogens with one attached hydrogen (secondary N) is 1. The van der Waals surface area contributed by atoms with Gasteiger partial charge in [0.05, 0.1) is 5.41 Å². The lowest BCUT2D eigenvalue weighted by Crippen LogP contribution is -2.45. The highest BCUT2D eigenvalue weighted by Crippen LogP contribution is 2.25. The molecule has 0 bridgehead atoms. The van der Waals surface area contributed by atoms with Crippen molar-refractivity contribution in [2.75, 3.05) is 13.1 Å². The molecule has 0 fully saturated rings. The number of hydrogen-bond donors (Lipinski definition) is 2. The molecule has 0 heterocycles. The molecule has 0 radical (unpaired) electrons. The summed E-state index contributed by atoms with van der Waals surface area (Å²) in [6.07, 6.45) is 0. The lowest BCUT2D eigenvalue weighted by Gasteiger charge is -2.31. The second-order valence-corrected chi connectivity index (χ2v) is 5.91. The Hall–Kier alpha value is -0.570. The van der Waals surface area contributed by atoms with Crippen LogP contribution in [0.4, 0.5) is 0 Å². The molecule has 3 nitrogen and oxygen atoms in total. The van der Waals surface area contributed by atoms with Crippen molar-refractivity contribution in [2.24, 2.45) is 22.5 Å². The average Bonchev–Trinajstić information content (AvgIpc) is 2.13. The van der Waals surface area contributed by atoms with Crippen molar-refractivity contribution in [3.8, 4) is 0 Å². The van der Waals surface area contributed by atoms with E-state index in [1.165, 1.54) is 0 Å². The van der Waals surface area contributed by atoms with Gasteiger partial charge in [0, 0.05) is 13.1 Å². The van der Waals surface area contributed by atoms with Gasteiger partial charge in [-0.05, 0) is 25.2 Å². The second-order valence-electron chi connectivity index (χ2n) is 5.91. The molecule has 0 rings (SSSR count). The summed E-state index contributed by atoms with van der Waals surface area (Å²) in [7, 11) is 0. The van der Waals surface area contributed by atoms with E-state index in [9.17, 15) is 4.79 Å². The molecule has 0 aliphatic rings. The van der Waals surface area contributed by atoms with Crippen molar-refractivity contribution in [3.05, 3.63) is 0 Å². The van der Waals surface area contributed by atoms with Crippen LogP contribution in [0, 0.1) is 16.7 Å². The van der Waals surface area contributed by atoms with Gasteiger partial charge < -0.3 is 11.1 Å². The van der Waals surface area contributed by atoms with E-state index in [4.69, 9.17) is 5.73 Å². The molecular weight excluding hydrogens is 188 g/mol. The molecule has 0 atom stereocenters. The zero-order valence-corrected chi connectivity index (χ0v) is 11.0. The fraction of sp³-hybridized carbons (Fsp3) is 0.917. The molecular formula is C12H26N2O. The molecule has 0 aromatic rings. The summed E-state index contributed by atoms with van der Waals surface area (Å²) < 4.78 is 0. The standard InChI is InChI=1S/C12H26N2O/c1-9(2)12(5,6)8-14-10(15)11(3,4)7-13/h9H,7-8,13H2,1-6H3,(H,14,15). The normalized spacial score (nSPS) is 13.1. The van der Waals surface area contributed by atoms with Gasteiger partial charge in [0.1, 0.15) is 0 Å². The van der Waals surface area contributed by atoms with E-state index in [2.05, 4.69) is 33.0 Å². The predicted molar refractivity (Wildman–Crippen MR) is 64.5 cm³/mol. The molecule has 3 heteroatoms. The van der Waals surface area contributed by atoms with Crippen molar-refractivity contribution < 1.29 is 4.79 Å². The smallest absolute Gasteiger partial charge is 0.226 e. The number of carbonyl (C=O) groups is 1. The van der Waals surface area contributed by atoms with Crippen molar-refractivity contribution in [2.45, 2.75) is 41.5 Å². The second kappa shape index (κ2) is 4.97. The summed E-state index contributed by atoms with van der Waals surface area (Å²) >= 11 is 0. The highest BCUT2D eigenvalue weighted by molar-refractivity contribution is 5.82. The molecule has 0 unspecified atom stereocenters. The SMILES string of the molecule is CC(C)C(C)(C)CNC(=O)C(C)(C)CN. The largest absolute Gasteiger partial charge is 0.355 e. The summed E-state index contributed by atoms with van der Waals surface area (Å²) in [5.74, 6) is 0.581. The van der Waals surface area contributed by atoms with Crippen LogP contribution < -0.4 is 11.1 Å². The van der Waals surface area contributed by atoms with Gasteiger partial charge in [-0.3, -0.25) is 4.79 Å². The van der Waals surface area contributed by atoms with Crippen LogP contribution in [0.15, 0.2) is 0 Å². The maximum Gasteiger partial charge on any atom is 0.226 e. The highest BCUT2D eigenvalue weighted by atomic mass is 16.2. The fourth-order valence-electron chi connectivity index (χ4n) is 0.844. The Morgan fingerprint density at radius 2 is 1.73 bits per heavy atom. The van der Waals surface area contributed by atoms with E-state index in [1.54, 1.807) is 0 Å². The summed E-state index contributed by atoms with van der Waals surface area (Å²) in [4.78, 5) is 11.8. The maximum absolute atomic E-state index is 11.8. The maximum atomic E-state index is 11.8. The van der Waals surface area contributed by atoms with Gasteiger partial charge in [0.2, 0.25) is 5.91 Å². The monoisotopic (exact) mass is 214 g/mol. The van der Waals surface area contributed by atoms with E-state index in [0.29, 0.717) is 19.0 Å². The van der Waals surface area contributed by atoms with Crippen LogP contribution in [-0.4, -0.2) is 19.0 Å². The van der Waals surface area contributed by atoms with Crippen molar-refractivity contribution in [3.63, 3.8) is 0 Å². The molecule has 0 aromatic carbocycles. The van der Waals surface area contributed by atoms with E-state index in [0.717, 1.165) is 0 Å². The van der Waals surface area contributed by atoms with Gasteiger partial charge in [0.25, 0.3) is 0 Å². The minimum absolute atomic E-state index is 0.0405. The highest BCUT2D eigenvalue weighted by Gasteiger charge is 2.28. The average molecular weight is 214 g/mol. The third-order valence-electron chi connectivity index (χ3n) is 3.39. The summed E-state index contributed by atoms with van der Waals surface area (Å²) in [5, 5.41) is 2.98. The van der Waals surface area contributed by atoms with Crippen molar-refractivity contribution >= 4 is 5.91 Å². The molecule has 90 valence electrons. The van der Waals surface area contributed by atoms with Crippen LogP contribution in [0.1, 0.15) is 41.5 Å². The first-order chi connectivity index (χ1) is 6.63. The Kier molecular flexibility index (Phi) is 4.78. The Morgan fingerprint density at radius 3 is 2.07 bits per heavy atom. The van der Waals surface area contributed by atoms with Crippen LogP contribution in [-0.2, 0) is 4.79 Å². The molecule has 0 aliphatic heterocycles. The van der Waals surface area contributed by atoms with E-state index in [-0.39, 0.29) is 11.3 Å². The predicted octanol–water partition coefficient (Wildman–Crippen LogP) is 1.77. The van der Waals surface area contributed by atoms with Gasteiger partial charge >= 0.3 is 0 Å². The molecule has 3 N–H and O–H groups in total. The quantitative estimate of drug-likeness (QED) is 0.733. The van der Waals surface area contributed by atoms with Crippen molar-refractivity contribution in [1.82, 2.24) is 5.32 Å². The van der Waals surface area contributed by atoms with Crippen LogP contribution in [0.3, 0.4) is 0 Å². The van der Waals surface area contributed by atoms with Gasteiger partial charge in [-0.25, -0.2) is 0 Å². The molecule has 0 saturated heterocycles. The summed E-state index contributed by atoms with van der Waals surface area (Å²) in [6, 6.07) is 0. The first-order valence-electron chi connectivity index (χ1n) is 5.62. The van der Waals surface area contributed by atoms with E-state index in [1.807, 2.05) is 13.8 Å².